The number of carbonyl (C=O) groups is 1. The maximum Gasteiger partial charge on any atom is 0.412 e. The molecule has 0 aliphatic rings. The van der Waals surface area contributed by atoms with Crippen molar-refractivity contribution in [2.24, 2.45) is 5.73 Å². The average Bonchev–Trinajstić information content (AvgIpc) is 2.15. The minimum Gasteiger partial charge on any atom is -0.465 e. The monoisotopic (exact) mass is 223 g/mol. The minimum atomic E-state index is -1.00. The summed E-state index contributed by atoms with van der Waals surface area (Å²) in [4.78, 5) is 16.6. The lowest BCUT2D eigenvalue weighted by molar-refractivity contribution is 0.195. The zero-order valence-corrected chi connectivity index (χ0v) is 9.77. The van der Waals surface area contributed by atoms with Crippen molar-refractivity contribution < 1.29 is 9.90 Å². The summed E-state index contributed by atoms with van der Waals surface area (Å²) in [6.07, 6.45) is 0.601. The molecule has 1 amide bonds. The Morgan fingerprint density at radius 2 is 2.19 bits per heavy atom. The first kappa shape index (κ1) is 12.4. The second kappa shape index (κ2) is 4.49. The van der Waals surface area contributed by atoms with E-state index in [4.69, 9.17) is 5.73 Å². The summed E-state index contributed by atoms with van der Waals surface area (Å²) in [6, 6.07) is 3.42. The molecule has 1 heterocycles. The molecule has 0 aliphatic carbocycles. The smallest absolute Gasteiger partial charge is 0.412 e. The highest BCUT2D eigenvalue weighted by atomic mass is 16.4. The molecule has 0 saturated heterocycles. The van der Waals surface area contributed by atoms with Gasteiger partial charge in [-0.1, -0.05) is 0 Å². The van der Waals surface area contributed by atoms with E-state index in [9.17, 15) is 9.90 Å². The number of nitrogens with two attached hydrogens (primary N) is 1. The number of carboxylic acid groups (broad SMARTS) is 1. The van der Waals surface area contributed by atoms with Gasteiger partial charge in [0, 0.05) is 18.3 Å². The van der Waals surface area contributed by atoms with Crippen LogP contribution in [0.5, 0.6) is 0 Å². The van der Waals surface area contributed by atoms with Gasteiger partial charge in [0.15, 0.2) is 0 Å². The molecule has 5 heteroatoms. The molecule has 0 saturated carbocycles. The molecule has 88 valence electrons. The van der Waals surface area contributed by atoms with Crippen molar-refractivity contribution in [2.75, 3.05) is 4.90 Å². The molecular formula is C11H17N3O2. The minimum absolute atomic E-state index is 0.218. The summed E-state index contributed by atoms with van der Waals surface area (Å²) < 4.78 is 0. The summed E-state index contributed by atoms with van der Waals surface area (Å²) in [7, 11) is 0. The van der Waals surface area contributed by atoms with Crippen LogP contribution in [0.15, 0.2) is 18.3 Å². The van der Waals surface area contributed by atoms with E-state index in [0.29, 0.717) is 11.4 Å². The predicted octanol–water partition coefficient (Wildman–Crippen LogP) is 1.82. The molecule has 0 unspecified atom stereocenters. The molecule has 1 aromatic rings. The van der Waals surface area contributed by atoms with Gasteiger partial charge >= 0.3 is 6.09 Å². The number of pyridine rings is 1. The third kappa shape index (κ3) is 2.49. The third-order valence-electron chi connectivity index (χ3n) is 2.16. The van der Waals surface area contributed by atoms with E-state index in [1.807, 2.05) is 20.8 Å². The van der Waals surface area contributed by atoms with Gasteiger partial charge in [0.25, 0.3) is 0 Å². The van der Waals surface area contributed by atoms with Crippen LogP contribution in [0.3, 0.4) is 0 Å². The van der Waals surface area contributed by atoms with E-state index in [0.717, 1.165) is 0 Å². The van der Waals surface area contributed by atoms with Crippen LogP contribution >= 0.6 is 0 Å². The third-order valence-corrected chi connectivity index (χ3v) is 2.16. The Balaban J connectivity index is 3.27. The SMILES string of the molecule is CC(C)(C)N(C(=O)O)c1cccnc1CN. The molecule has 0 aromatic carbocycles. The van der Waals surface area contributed by atoms with Crippen LogP contribution in [-0.2, 0) is 6.54 Å². The molecule has 0 bridgehead atoms. The van der Waals surface area contributed by atoms with E-state index in [1.165, 1.54) is 4.90 Å². The number of rotatable bonds is 2. The Labute approximate surface area is 94.9 Å². The topological polar surface area (TPSA) is 79.5 Å². The highest BCUT2D eigenvalue weighted by molar-refractivity contribution is 5.88. The molecule has 0 fully saturated rings. The lowest BCUT2D eigenvalue weighted by atomic mass is 10.1. The first-order valence-corrected chi connectivity index (χ1v) is 5.05. The van der Waals surface area contributed by atoms with E-state index in [-0.39, 0.29) is 6.54 Å². The quantitative estimate of drug-likeness (QED) is 0.801. The highest BCUT2D eigenvalue weighted by Crippen LogP contribution is 2.26. The molecule has 0 atom stereocenters. The fraction of sp³-hybridized carbons (Fsp3) is 0.455. The largest absolute Gasteiger partial charge is 0.465 e. The molecule has 3 N–H and O–H groups in total. The van der Waals surface area contributed by atoms with Crippen LogP contribution in [0, 0.1) is 0 Å². The van der Waals surface area contributed by atoms with Crippen molar-refractivity contribution in [3.8, 4) is 0 Å². The second-order valence-electron chi connectivity index (χ2n) is 4.46. The molecule has 1 aromatic heterocycles. The average molecular weight is 223 g/mol. The van der Waals surface area contributed by atoms with Gasteiger partial charge in [-0.15, -0.1) is 0 Å². The molecule has 0 aliphatic heterocycles. The van der Waals surface area contributed by atoms with Gasteiger partial charge in [0.1, 0.15) is 0 Å². The van der Waals surface area contributed by atoms with Crippen molar-refractivity contribution in [1.29, 1.82) is 0 Å². The van der Waals surface area contributed by atoms with Crippen LogP contribution in [0.25, 0.3) is 0 Å². The zero-order valence-electron chi connectivity index (χ0n) is 9.77. The molecule has 5 nitrogen and oxygen atoms in total. The lowest BCUT2D eigenvalue weighted by Crippen LogP contribution is -2.45. The van der Waals surface area contributed by atoms with E-state index >= 15 is 0 Å². The van der Waals surface area contributed by atoms with Crippen LogP contribution in [0.1, 0.15) is 26.5 Å². The van der Waals surface area contributed by atoms with E-state index < -0.39 is 11.6 Å². The van der Waals surface area contributed by atoms with Crippen molar-refractivity contribution in [1.82, 2.24) is 4.98 Å². The zero-order chi connectivity index (χ0) is 12.3. The van der Waals surface area contributed by atoms with E-state index in [1.54, 1.807) is 18.3 Å². The Hall–Kier alpha value is -1.62. The second-order valence-corrected chi connectivity index (χ2v) is 4.46. The molecule has 0 spiro atoms. The standard InChI is InChI=1S/C11H17N3O2/c1-11(2,3)14(10(15)16)9-5-4-6-13-8(9)7-12/h4-6H,7,12H2,1-3H3,(H,15,16). The molecule has 0 radical (unpaired) electrons. The van der Waals surface area contributed by atoms with Gasteiger partial charge in [-0.3, -0.25) is 9.88 Å². The van der Waals surface area contributed by atoms with Gasteiger partial charge in [0.05, 0.1) is 11.4 Å². The predicted molar refractivity (Wildman–Crippen MR) is 62.4 cm³/mol. The van der Waals surface area contributed by atoms with Gasteiger partial charge in [-0.2, -0.15) is 0 Å². The van der Waals surface area contributed by atoms with Gasteiger partial charge in [0.2, 0.25) is 0 Å². The summed E-state index contributed by atoms with van der Waals surface area (Å²) in [5.74, 6) is 0. The fourth-order valence-corrected chi connectivity index (χ4v) is 1.54. The fourth-order valence-electron chi connectivity index (χ4n) is 1.54. The number of amides is 1. The number of hydrogen-bond acceptors (Lipinski definition) is 3. The Kier molecular flexibility index (Phi) is 3.49. The molecule has 1 rings (SSSR count). The van der Waals surface area contributed by atoms with Crippen molar-refractivity contribution in [3.05, 3.63) is 24.0 Å². The Bertz CT molecular complexity index is 385. The van der Waals surface area contributed by atoms with Crippen molar-refractivity contribution >= 4 is 11.8 Å². The van der Waals surface area contributed by atoms with Crippen molar-refractivity contribution in [2.45, 2.75) is 32.9 Å². The number of hydrogen-bond donors (Lipinski definition) is 2. The van der Waals surface area contributed by atoms with Crippen molar-refractivity contribution in [3.63, 3.8) is 0 Å². The summed E-state index contributed by atoms with van der Waals surface area (Å²) in [6.45, 7) is 5.70. The summed E-state index contributed by atoms with van der Waals surface area (Å²) in [5.41, 5.74) is 6.15. The molecule has 16 heavy (non-hydrogen) atoms. The number of aromatic nitrogens is 1. The molecular weight excluding hydrogens is 206 g/mol. The van der Waals surface area contributed by atoms with E-state index in [2.05, 4.69) is 4.98 Å². The van der Waals surface area contributed by atoms with Gasteiger partial charge in [-0.25, -0.2) is 4.79 Å². The van der Waals surface area contributed by atoms with Crippen LogP contribution in [0.2, 0.25) is 0 Å². The Morgan fingerprint density at radius 1 is 1.56 bits per heavy atom. The van der Waals surface area contributed by atoms with Crippen LogP contribution in [0.4, 0.5) is 10.5 Å². The normalized spacial score (nSPS) is 11.2. The maximum atomic E-state index is 11.3. The number of nitrogens with zero attached hydrogens (tertiary/aromatic N) is 2. The summed E-state index contributed by atoms with van der Waals surface area (Å²) >= 11 is 0. The van der Waals surface area contributed by atoms with Gasteiger partial charge in [-0.05, 0) is 32.9 Å². The first-order valence-electron chi connectivity index (χ1n) is 5.05. The summed E-state index contributed by atoms with van der Waals surface area (Å²) in [5, 5.41) is 9.24. The highest BCUT2D eigenvalue weighted by Gasteiger charge is 2.29. The van der Waals surface area contributed by atoms with Crippen LogP contribution < -0.4 is 10.6 Å². The first-order chi connectivity index (χ1) is 7.38. The van der Waals surface area contributed by atoms with Crippen LogP contribution in [-0.4, -0.2) is 21.7 Å². The van der Waals surface area contributed by atoms with Gasteiger partial charge < -0.3 is 10.8 Å². The Morgan fingerprint density at radius 3 is 2.62 bits per heavy atom. The number of anilines is 1. The maximum absolute atomic E-state index is 11.3. The lowest BCUT2D eigenvalue weighted by Gasteiger charge is -2.33.